The molecule has 1 amide bonds. The van der Waals surface area contributed by atoms with Crippen LogP contribution in [-0.2, 0) is 10.9 Å². The van der Waals surface area contributed by atoms with Crippen molar-refractivity contribution in [2.75, 3.05) is 25.6 Å². The largest absolute Gasteiger partial charge is 0.489 e. The van der Waals surface area contributed by atoms with E-state index in [0.717, 1.165) is 18.2 Å². The van der Waals surface area contributed by atoms with Crippen LogP contribution in [0.1, 0.15) is 44.6 Å². The molecule has 0 saturated heterocycles. The third-order valence-electron chi connectivity index (χ3n) is 4.12. The normalized spacial score (nSPS) is 11.4. The van der Waals surface area contributed by atoms with E-state index in [9.17, 15) is 22.8 Å². The molecule has 0 bridgehead atoms. The van der Waals surface area contributed by atoms with Crippen molar-refractivity contribution in [2.45, 2.75) is 26.9 Å². The van der Waals surface area contributed by atoms with Gasteiger partial charge in [-0.15, -0.1) is 0 Å². The molecule has 1 heterocycles. The van der Waals surface area contributed by atoms with Crippen molar-refractivity contribution < 1.29 is 32.2 Å². The molecule has 0 fully saturated rings. The number of halogens is 3. The first-order valence-corrected chi connectivity index (χ1v) is 8.40. The van der Waals surface area contributed by atoms with Crippen molar-refractivity contribution in [1.29, 1.82) is 0 Å². The van der Waals surface area contributed by atoms with Gasteiger partial charge in [0.1, 0.15) is 18.1 Å². The van der Waals surface area contributed by atoms with Crippen LogP contribution in [0.5, 0.6) is 5.75 Å². The molecule has 152 valence electrons. The Balaban J connectivity index is 2.38. The van der Waals surface area contributed by atoms with Crippen LogP contribution >= 0.6 is 0 Å². The summed E-state index contributed by atoms with van der Waals surface area (Å²) in [4.78, 5) is 27.2. The van der Waals surface area contributed by atoms with Crippen molar-refractivity contribution in [1.82, 2.24) is 4.98 Å². The number of amides is 1. The van der Waals surface area contributed by atoms with E-state index < -0.39 is 17.6 Å². The molecular weight excluding hydrogens is 377 g/mol. The molecule has 0 saturated carbocycles. The average molecular weight is 398 g/mol. The van der Waals surface area contributed by atoms with Gasteiger partial charge in [0.15, 0.2) is 5.78 Å². The fourth-order valence-corrected chi connectivity index (χ4v) is 2.85. The number of methoxy groups -OCH3 is 1. The third-order valence-corrected chi connectivity index (χ3v) is 4.12. The topological polar surface area (TPSA) is 80.4 Å². The predicted molar refractivity (Wildman–Crippen MR) is 97.0 cm³/mol. The molecule has 6 nitrogen and oxygen atoms in total. The second kappa shape index (κ2) is 8.47. The first kappa shape index (κ1) is 21.5. The van der Waals surface area contributed by atoms with Crippen molar-refractivity contribution in [3.8, 4) is 5.75 Å². The molecule has 0 radical (unpaired) electrons. The van der Waals surface area contributed by atoms with Gasteiger partial charge in [-0.2, -0.15) is 13.2 Å². The zero-order chi connectivity index (χ0) is 21.1. The van der Waals surface area contributed by atoms with Gasteiger partial charge in [0.25, 0.3) is 5.91 Å². The first-order valence-electron chi connectivity index (χ1n) is 8.40. The minimum absolute atomic E-state index is 0.0751. The number of hydrogen-bond donors (Lipinski definition) is 2. The summed E-state index contributed by atoms with van der Waals surface area (Å²) in [7, 11) is 1.46. The minimum Gasteiger partial charge on any atom is -0.489 e. The number of carbonyl (C=O) groups excluding carboxylic acids is 2. The summed E-state index contributed by atoms with van der Waals surface area (Å²) in [5.74, 6) is -0.817. The minimum atomic E-state index is -4.58. The fraction of sp³-hybridized carbons (Fsp3) is 0.368. The summed E-state index contributed by atoms with van der Waals surface area (Å²) in [6, 6.07) is 2.81. The summed E-state index contributed by atoms with van der Waals surface area (Å²) in [5.41, 5.74) is 0.360. The number of rotatable bonds is 7. The Morgan fingerprint density at radius 3 is 2.39 bits per heavy atom. The first-order chi connectivity index (χ1) is 13.1. The van der Waals surface area contributed by atoms with Crippen molar-refractivity contribution in [2.24, 2.45) is 0 Å². The summed E-state index contributed by atoms with van der Waals surface area (Å²) in [6.07, 6.45) is -4.58. The van der Waals surface area contributed by atoms with Gasteiger partial charge in [0, 0.05) is 18.4 Å². The summed E-state index contributed by atoms with van der Waals surface area (Å²) in [5, 5.41) is 2.44. The predicted octanol–water partition coefficient (Wildman–Crippen LogP) is 4.13. The molecule has 0 atom stereocenters. The van der Waals surface area contributed by atoms with Gasteiger partial charge in [-0.05, 0) is 44.5 Å². The molecule has 0 aliphatic heterocycles. The summed E-state index contributed by atoms with van der Waals surface area (Å²) < 4.78 is 49.4. The van der Waals surface area contributed by atoms with Crippen LogP contribution in [0.3, 0.4) is 0 Å². The van der Waals surface area contributed by atoms with E-state index in [2.05, 4.69) is 10.3 Å². The Labute approximate surface area is 160 Å². The SMILES string of the molecule is COCCOc1ccc(C(F)(F)F)cc1NC(=O)c1[nH]c(C)c(C(C)=O)c1C. The molecule has 2 N–H and O–H groups in total. The number of aromatic amines is 1. The monoisotopic (exact) mass is 398 g/mol. The molecule has 0 aliphatic carbocycles. The lowest BCUT2D eigenvalue weighted by Crippen LogP contribution is -2.16. The quantitative estimate of drug-likeness (QED) is 0.543. The maximum atomic E-state index is 13.1. The molecule has 0 aliphatic rings. The Kier molecular flexibility index (Phi) is 6.50. The van der Waals surface area contributed by atoms with Gasteiger partial charge in [-0.25, -0.2) is 0 Å². The van der Waals surface area contributed by atoms with Crippen LogP contribution in [0.4, 0.5) is 18.9 Å². The molecule has 2 rings (SSSR count). The molecular formula is C19H21F3N2O4. The van der Waals surface area contributed by atoms with E-state index in [1.165, 1.54) is 14.0 Å². The second-order valence-electron chi connectivity index (χ2n) is 6.19. The Hall–Kier alpha value is -2.81. The standard InChI is InChI=1S/C19H21F3N2O4/c1-10-16(12(3)25)11(2)23-17(10)18(26)24-14-9-13(19(20,21)22)5-6-15(14)28-8-7-27-4/h5-6,9,23H,7-8H2,1-4H3,(H,24,26). The fourth-order valence-electron chi connectivity index (χ4n) is 2.85. The Morgan fingerprint density at radius 2 is 1.86 bits per heavy atom. The highest BCUT2D eigenvalue weighted by Gasteiger charge is 2.31. The van der Waals surface area contributed by atoms with E-state index in [0.29, 0.717) is 16.8 Å². The number of hydrogen-bond acceptors (Lipinski definition) is 4. The molecule has 0 spiro atoms. The van der Waals surface area contributed by atoms with Crippen molar-refractivity contribution in [3.05, 3.63) is 46.3 Å². The van der Waals surface area contributed by atoms with Crippen LogP contribution in [0.15, 0.2) is 18.2 Å². The number of ketones is 1. The number of benzene rings is 1. The van der Waals surface area contributed by atoms with E-state index >= 15 is 0 Å². The van der Waals surface area contributed by atoms with Crippen LogP contribution < -0.4 is 10.1 Å². The number of aryl methyl sites for hydroxylation is 1. The molecule has 1 aromatic heterocycles. The number of H-pyrrole nitrogens is 1. The van der Waals surface area contributed by atoms with Crippen LogP contribution in [0.2, 0.25) is 0 Å². The molecule has 2 aromatic rings. The zero-order valence-corrected chi connectivity index (χ0v) is 15.9. The van der Waals surface area contributed by atoms with Gasteiger partial charge >= 0.3 is 6.18 Å². The molecule has 9 heteroatoms. The van der Waals surface area contributed by atoms with Crippen molar-refractivity contribution in [3.63, 3.8) is 0 Å². The number of anilines is 1. The number of aromatic nitrogens is 1. The van der Waals surface area contributed by atoms with E-state index in [4.69, 9.17) is 9.47 Å². The zero-order valence-electron chi connectivity index (χ0n) is 15.9. The van der Waals surface area contributed by atoms with Gasteiger partial charge in [-0.1, -0.05) is 0 Å². The summed E-state index contributed by atoms with van der Waals surface area (Å²) >= 11 is 0. The van der Waals surface area contributed by atoms with E-state index in [1.807, 2.05) is 0 Å². The van der Waals surface area contributed by atoms with Crippen LogP contribution in [-0.4, -0.2) is 37.0 Å². The number of carbonyl (C=O) groups is 2. The molecule has 28 heavy (non-hydrogen) atoms. The van der Waals surface area contributed by atoms with E-state index in [-0.39, 0.29) is 36.1 Å². The number of ether oxygens (including phenoxy) is 2. The smallest absolute Gasteiger partial charge is 0.416 e. The van der Waals surface area contributed by atoms with Gasteiger partial charge in [0.05, 0.1) is 17.9 Å². The maximum absolute atomic E-state index is 13.1. The van der Waals surface area contributed by atoms with Crippen molar-refractivity contribution >= 4 is 17.4 Å². The lowest BCUT2D eigenvalue weighted by molar-refractivity contribution is -0.137. The van der Waals surface area contributed by atoms with Gasteiger partial charge in [0.2, 0.25) is 0 Å². The van der Waals surface area contributed by atoms with E-state index in [1.54, 1.807) is 13.8 Å². The van der Waals surface area contributed by atoms with Crippen LogP contribution in [0.25, 0.3) is 0 Å². The van der Waals surface area contributed by atoms with Gasteiger partial charge in [-0.3, -0.25) is 9.59 Å². The average Bonchev–Trinajstić information content (AvgIpc) is 2.90. The van der Waals surface area contributed by atoms with Crippen LogP contribution in [0, 0.1) is 13.8 Å². The highest BCUT2D eigenvalue weighted by molar-refractivity contribution is 6.08. The molecule has 1 aromatic carbocycles. The lowest BCUT2D eigenvalue weighted by atomic mass is 10.1. The number of Topliss-reactive ketones (excluding diaryl/α,β-unsaturated/α-hetero) is 1. The third kappa shape index (κ3) is 4.72. The maximum Gasteiger partial charge on any atom is 0.416 e. The number of nitrogens with one attached hydrogen (secondary N) is 2. The highest BCUT2D eigenvalue weighted by Crippen LogP contribution is 2.35. The second-order valence-corrected chi connectivity index (χ2v) is 6.19. The Morgan fingerprint density at radius 1 is 1.18 bits per heavy atom. The number of alkyl halides is 3. The lowest BCUT2D eigenvalue weighted by Gasteiger charge is -2.15. The van der Waals surface area contributed by atoms with Gasteiger partial charge < -0.3 is 19.8 Å². The Bertz CT molecular complexity index is 888. The summed E-state index contributed by atoms with van der Waals surface area (Å²) in [6.45, 7) is 4.94. The highest BCUT2D eigenvalue weighted by atomic mass is 19.4. The molecule has 0 unspecified atom stereocenters.